The number of amides is 1. The fourth-order valence-corrected chi connectivity index (χ4v) is 1.52. The number of aromatic nitrogens is 1. The molecular weight excluding hydrogens is 216 g/mol. The molecule has 3 N–H and O–H groups in total. The molecule has 0 aliphatic rings. The molecule has 96 valence electrons. The van der Waals surface area contributed by atoms with E-state index in [2.05, 4.69) is 10.3 Å². The zero-order chi connectivity index (χ0) is 13.2. The maximum Gasteiger partial charge on any atom is 0.268 e. The van der Waals surface area contributed by atoms with Gasteiger partial charge in [0.2, 0.25) is 0 Å². The minimum Gasteiger partial charge on any atom is -0.388 e. The molecule has 0 saturated heterocycles. The number of rotatable bonds is 4. The van der Waals surface area contributed by atoms with Crippen LogP contribution in [0.4, 0.5) is 0 Å². The van der Waals surface area contributed by atoms with E-state index in [9.17, 15) is 9.90 Å². The Morgan fingerprint density at radius 1 is 1.53 bits per heavy atom. The molecule has 0 radical (unpaired) electrons. The fourth-order valence-electron chi connectivity index (χ4n) is 1.52. The second-order valence-electron chi connectivity index (χ2n) is 5.20. The Bertz CT molecular complexity index is 406. The molecule has 1 atom stereocenters. The van der Waals surface area contributed by atoms with Crippen LogP contribution in [0.1, 0.15) is 42.5 Å². The number of hydrogen-bond donors (Lipinski definition) is 3. The van der Waals surface area contributed by atoms with E-state index in [0.717, 1.165) is 11.3 Å². The van der Waals surface area contributed by atoms with E-state index in [-0.39, 0.29) is 18.4 Å². The molecule has 0 aliphatic heterocycles. The molecule has 1 aromatic rings. The van der Waals surface area contributed by atoms with Gasteiger partial charge in [-0.25, -0.2) is 0 Å². The third kappa shape index (κ3) is 3.33. The highest BCUT2D eigenvalue weighted by Crippen LogP contribution is 2.15. The van der Waals surface area contributed by atoms with Gasteiger partial charge in [-0.3, -0.25) is 4.79 Å². The molecule has 0 fully saturated rings. The largest absolute Gasteiger partial charge is 0.388 e. The van der Waals surface area contributed by atoms with Crippen molar-refractivity contribution in [3.8, 4) is 0 Å². The van der Waals surface area contributed by atoms with Gasteiger partial charge in [-0.2, -0.15) is 0 Å². The predicted molar refractivity (Wildman–Crippen MR) is 68.1 cm³/mol. The lowest BCUT2D eigenvalue weighted by Gasteiger charge is -2.27. The van der Waals surface area contributed by atoms with Gasteiger partial charge in [-0.15, -0.1) is 0 Å². The molecule has 0 aliphatic carbocycles. The van der Waals surface area contributed by atoms with Crippen molar-refractivity contribution in [3.63, 3.8) is 0 Å². The Balaban J connectivity index is 2.65. The first-order chi connectivity index (χ1) is 7.74. The molecule has 1 unspecified atom stereocenters. The van der Waals surface area contributed by atoms with Gasteiger partial charge in [-0.1, -0.05) is 13.8 Å². The Kier molecular flexibility index (Phi) is 3.98. The standard InChI is InChI=1S/C13H22N2O2/c1-8(2)13(5,17)7-14-12(16)11-9(3)6-10(4)15-11/h6,8,15,17H,7H2,1-5H3,(H,14,16). The number of carbonyl (C=O) groups excluding carboxylic acids is 1. The van der Waals surface area contributed by atoms with Gasteiger partial charge in [-0.05, 0) is 38.3 Å². The van der Waals surface area contributed by atoms with Gasteiger partial charge in [0, 0.05) is 12.2 Å². The summed E-state index contributed by atoms with van der Waals surface area (Å²) in [5.41, 5.74) is 1.57. The smallest absolute Gasteiger partial charge is 0.268 e. The van der Waals surface area contributed by atoms with Crippen molar-refractivity contribution < 1.29 is 9.90 Å². The van der Waals surface area contributed by atoms with Crippen molar-refractivity contribution >= 4 is 5.91 Å². The average molecular weight is 238 g/mol. The van der Waals surface area contributed by atoms with Crippen molar-refractivity contribution in [2.24, 2.45) is 5.92 Å². The van der Waals surface area contributed by atoms with Crippen LogP contribution in [-0.4, -0.2) is 28.1 Å². The summed E-state index contributed by atoms with van der Waals surface area (Å²) in [7, 11) is 0. The molecule has 17 heavy (non-hydrogen) atoms. The molecular formula is C13H22N2O2. The molecule has 4 heteroatoms. The third-order valence-electron chi connectivity index (χ3n) is 3.23. The molecule has 1 amide bonds. The first-order valence-electron chi connectivity index (χ1n) is 5.91. The van der Waals surface area contributed by atoms with Gasteiger partial charge < -0.3 is 15.4 Å². The lowest BCUT2D eigenvalue weighted by molar-refractivity contribution is 0.0142. The molecule has 0 aromatic carbocycles. The predicted octanol–water partition coefficient (Wildman–Crippen LogP) is 1.77. The van der Waals surface area contributed by atoms with Crippen molar-refractivity contribution in [2.75, 3.05) is 6.54 Å². The Hall–Kier alpha value is -1.29. The summed E-state index contributed by atoms with van der Waals surface area (Å²) < 4.78 is 0. The third-order valence-corrected chi connectivity index (χ3v) is 3.23. The first kappa shape index (κ1) is 13.8. The molecule has 1 heterocycles. The van der Waals surface area contributed by atoms with Crippen molar-refractivity contribution in [2.45, 2.75) is 40.2 Å². The summed E-state index contributed by atoms with van der Waals surface area (Å²) in [6.45, 7) is 9.63. The van der Waals surface area contributed by atoms with Crippen LogP contribution in [0, 0.1) is 19.8 Å². The molecule has 0 spiro atoms. The van der Waals surface area contributed by atoms with Gasteiger partial charge in [0.1, 0.15) is 5.69 Å². The van der Waals surface area contributed by atoms with E-state index >= 15 is 0 Å². The highest BCUT2D eigenvalue weighted by Gasteiger charge is 2.26. The van der Waals surface area contributed by atoms with Crippen molar-refractivity contribution in [1.29, 1.82) is 0 Å². The number of aromatic amines is 1. The van der Waals surface area contributed by atoms with Crippen LogP contribution in [-0.2, 0) is 0 Å². The topological polar surface area (TPSA) is 65.1 Å². The zero-order valence-corrected chi connectivity index (χ0v) is 11.2. The van der Waals surface area contributed by atoms with E-state index in [1.165, 1.54) is 0 Å². The number of carbonyl (C=O) groups is 1. The second kappa shape index (κ2) is 4.92. The molecule has 0 bridgehead atoms. The second-order valence-corrected chi connectivity index (χ2v) is 5.20. The van der Waals surface area contributed by atoms with Crippen molar-refractivity contribution in [3.05, 3.63) is 23.0 Å². The van der Waals surface area contributed by atoms with Gasteiger partial charge in [0.05, 0.1) is 5.60 Å². The zero-order valence-electron chi connectivity index (χ0n) is 11.2. The number of aliphatic hydroxyl groups is 1. The van der Waals surface area contributed by atoms with Crippen molar-refractivity contribution in [1.82, 2.24) is 10.3 Å². The maximum atomic E-state index is 11.9. The van der Waals surface area contributed by atoms with Crippen LogP contribution < -0.4 is 5.32 Å². The normalized spacial score (nSPS) is 14.8. The van der Waals surface area contributed by atoms with Crippen LogP contribution in [0.3, 0.4) is 0 Å². The van der Waals surface area contributed by atoms with Crippen LogP contribution >= 0.6 is 0 Å². The van der Waals surface area contributed by atoms with E-state index in [0.29, 0.717) is 5.69 Å². The highest BCUT2D eigenvalue weighted by molar-refractivity contribution is 5.94. The summed E-state index contributed by atoms with van der Waals surface area (Å²) in [6.07, 6.45) is 0. The lowest BCUT2D eigenvalue weighted by Crippen LogP contribution is -2.44. The SMILES string of the molecule is Cc1cc(C)c(C(=O)NCC(C)(O)C(C)C)[nH]1. The molecule has 1 rings (SSSR count). The van der Waals surface area contributed by atoms with Gasteiger partial charge in [0.25, 0.3) is 5.91 Å². The average Bonchev–Trinajstić information content (AvgIpc) is 2.54. The summed E-state index contributed by atoms with van der Waals surface area (Å²) in [5.74, 6) is -0.0780. The summed E-state index contributed by atoms with van der Waals surface area (Å²) in [6, 6.07) is 1.93. The number of H-pyrrole nitrogens is 1. The van der Waals surface area contributed by atoms with Crippen LogP contribution in [0.2, 0.25) is 0 Å². The number of hydrogen-bond acceptors (Lipinski definition) is 2. The number of nitrogens with one attached hydrogen (secondary N) is 2. The Morgan fingerprint density at radius 2 is 2.12 bits per heavy atom. The van der Waals surface area contributed by atoms with E-state index in [1.54, 1.807) is 6.92 Å². The summed E-state index contributed by atoms with van der Waals surface area (Å²) in [4.78, 5) is 14.9. The molecule has 0 saturated carbocycles. The summed E-state index contributed by atoms with van der Waals surface area (Å²) in [5, 5.41) is 12.8. The summed E-state index contributed by atoms with van der Waals surface area (Å²) >= 11 is 0. The van der Waals surface area contributed by atoms with Gasteiger partial charge >= 0.3 is 0 Å². The van der Waals surface area contributed by atoms with Gasteiger partial charge in [0.15, 0.2) is 0 Å². The lowest BCUT2D eigenvalue weighted by atomic mass is 9.92. The Morgan fingerprint density at radius 3 is 2.53 bits per heavy atom. The fraction of sp³-hybridized carbons (Fsp3) is 0.615. The first-order valence-corrected chi connectivity index (χ1v) is 5.91. The van der Waals surface area contributed by atoms with E-state index in [1.807, 2.05) is 33.8 Å². The van der Waals surface area contributed by atoms with Crippen LogP contribution in [0.5, 0.6) is 0 Å². The minimum absolute atomic E-state index is 0.0919. The Labute approximate surface area is 102 Å². The quantitative estimate of drug-likeness (QED) is 0.748. The molecule has 1 aromatic heterocycles. The maximum absolute atomic E-state index is 11.9. The highest BCUT2D eigenvalue weighted by atomic mass is 16.3. The van der Waals surface area contributed by atoms with Crippen LogP contribution in [0.15, 0.2) is 6.07 Å². The monoisotopic (exact) mass is 238 g/mol. The van der Waals surface area contributed by atoms with E-state index < -0.39 is 5.60 Å². The number of aryl methyl sites for hydroxylation is 2. The van der Waals surface area contributed by atoms with E-state index in [4.69, 9.17) is 0 Å². The molecule has 4 nitrogen and oxygen atoms in total. The van der Waals surface area contributed by atoms with Crippen LogP contribution in [0.25, 0.3) is 0 Å². The minimum atomic E-state index is -0.884.